The molecule has 1 fully saturated rings. The first-order chi connectivity index (χ1) is 17.1. The molecule has 2 aromatic carbocycles. The Kier molecular flexibility index (Phi) is 6.57. The van der Waals surface area contributed by atoms with E-state index in [4.69, 9.17) is 4.98 Å². The SMILES string of the molecule is Cc1ccc(Cn2c(=O)c(N3CCCC(C(=O)NCc4ccccc4)C3)nc3cccnc32)cc1. The van der Waals surface area contributed by atoms with Crippen molar-refractivity contribution < 1.29 is 4.79 Å². The third kappa shape index (κ3) is 5.09. The van der Waals surface area contributed by atoms with Crippen LogP contribution in [-0.4, -0.2) is 33.5 Å². The molecule has 3 heterocycles. The Labute approximate surface area is 204 Å². The van der Waals surface area contributed by atoms with Gasteiger partial charge in [-0.25, -0.2) is 9.97 Å². The van der Waals surface area contributed by atoms with E-state index in [-0.39, 0.29) is 17.4 Å². The van der Waals surface area contributed by atoms with Gasteiger partial charge in [0, 0.05) is 25.8 Å². The van der Waals surface area contributed by atoms with Crippen LogP contribution < -0.4 is 15.8 Å². The van der Waals surface area contributed by atoms with E-state index >= 15 is 0 Å². The van der Waals surface area contributed by atoms with Gasteiger partial charge in [-0.2, -0.15) is 0 Å². The first kappa shape index (κ1) is 22.8. The van der Waals surface area contributed by atoms with Gasteiger partial charge in [0.25, 0.3) is 5.56 Å². The van der Waals surface area contributed by atoms with Crippen LogP contribution in [0.4, 0.5) is 5.82 Å². The first-order valence-corrected chi connectivity index (χ1v) is 12.1. The average Bonchev–Trinajstić information content (AvgIpc) is 2.90. The largest absolute Gasteiger partial charge is 0.352 e. The molecule has 1 aliphatic rings. The minimum absolute atomic E-state index is 0.0148. The Morgan fingerprint density at radius 2 is 1.83 bits per heavy atom. The van der Waals surface area contributed by atoms with E-state index in [0.29, 0.717) is 43.2 Å². The number of benzene rings is 2. The zero-order valence-electron chi connectivity index (χ0n) is 19.9. The van der Waals surface area contributed by atoms with Crippen molar-refractivity contribution in [3.63, 3.8) is 0 Å². The van der Waals surface area contributed by atoms with Crippen molar-refractivity contribution in [1.82, 2.24) is 19.9 Å². The lowest BCUT2D eigenvalue weighted by Crippen LogP contribution is -2.45. The van der Waals surface area contributed by atoms with Crippen molar-refractivity contribution in [1.29, 1.82) is 0 Å². The number of aromatic nitrogens is 3. The molecule has 4 aromatic rings. The summed E-state index contributed by atoms with van der Waals surface area (Å²) in [7, 11) is 0. The van der Waals surface area contributed by atoms with E-state index in [2.05, 4.69) is 10.3 Å². The zero-order chi connectivity index (χ0) is 24.2. The molecule has 1 unspecified atom stereocenters. The maximum Gasteiger partial charge on any atom is 0.295 e. The van der Waals surface area contributed by atoms with Gasteiger partial charge in [-0.3, -0.25) is 14.2 Å². The van der Waals surface area contributed by atoms with E-state index in [1.807, 2.05) is 78.6 Å². The summed E-state index contributed by atoms with van der Waals surface area (Å²) >= 11 is 0. The standard InChI is InChI=1S/C28H29N5O2/c1-20-11-13-22(14-12-20)18-33-25-24(10-5-15-29-25)31-26(28(33)35)32-16-6-9-23(19-32)27(34)30-17-21-7-3-2-4-8-21/h2-5,7-8,10-15,23H,6,9,16-19H2,1H3,(H,30,34). The number of hydrogen-bond donors (Lipinski definition) is 1. The summed E-state index contributed by atoms with van der Waals surface area (Å²) in [6.07, 6.45) is 3.31. The molecule has 35 heavy (non-hydrogen) atoms. The second kappa shape index (κ2) is 10.1. The quantitative estimate of drug-likeness (QED) is 0.468. The smallest absolute Gasteiger partial charge is 0.295 e. The first-order valence-electron chi connectivity index (χ1n) is 12.1. The second-order valence-electron chi connectivity index (χ2n) is 9.15. The number of aryl methyl sites for hydroxylation is 1. The number of fused-ring (bicyclic) bond motifs is 1. The van der Waals surface area contributed by atoms with E-state index in [1.54, 1.807) is 10.8 Å². The van der Waals surface area contributed by atoms with Gasteiger partial charge in [-0.15, -0.1) is 0 Å². The average molecular weight is 468 g/mol. The van der Waals surface area contributed by atoms with E-state index in [1.165, 1.54) is 5.56 Å². The molecule has 0 radical (unpaired) electrons. The van der Waals surface area contributed by atoms with Crippen LogP contribution in [0.3, 0.4) is 0 Å². The second-order valence-corrected chi connectivity index (χ2v) is 9.15. The minimum Gasteiger partial charge on any atom is -0.352 e. The number of carbonyl (C=O) groups is 1. The lowest BCUT2D eigenvalue weighted by atomic mass is 9.97. The monoisotopic (exact) mass is 467 g/mol. The van der Waals surface area contributed by atoms with Crippen molar-refractivity contribution in [2.45, 2.75) is 32.9 Å². The number of hydrogen-bond acceptors (Lipinski definition) is 5. The Morgan fingerprint density at radius 3 is 2.63 bits per heavy atom. The third-order valence-electron chi connectivity index (χ3n) is 6.55. The summed E-state index contributed by atoms with van der Waals surface area (Å²) in [5.41, 5.74) is 4.32. The van der Waals surface area contributed by atoms with Gasteiger partial charge in [-0.05, 0) is 43.0 Å². The number of carbonyl (C=O) groups excluding carboxylic acids is 1. The van der Waals surface area contributed by atoms with Crippen molar-refractivity contribution in [3.05, 3.63) is 100.0 Å². The van der Waals surface area contributed by atoms with Crippen LogP contribution in [0.15, 0.2) is 77.7 Å². The molecule has 7 heteroatoms. The number of anilines is 1. The number of piperidine rings is 1. The van der Waals surface area contributed by atoms with Gasteiger partial charge in [0.1, 0.15) is 5.52 Å². The molecule has 7 nitrogen and oxygen atoms in total. The molecule has 0 aliphatic carbocycles. The Morgan fingerprint density at radius 1 is 1.03 bits per heavy atom. The van der Waals surface area contributed by atoms with Gasteiger partial charge in [0.15, 0.2) is 11.5 Å². The molecule has 0 bridgehead atoms. The Bertz CT molecular complexity index is 1380. The van der Waals surface area contributed by atoms with Crippen LogP contribution in [0, 0.1) is 12.8 Å². The van der Waals surface area contributed by atoms with Crippen LogP contribution in [0.2, 0.25) is 0 Å². The Balaban J connectivity index is 1.40. The minimum atomic E-state index is -0.191. The molecule has 1 atom stereocenters. The van der Waals surface area contributed by atoms with Gasteiger partial charge in [0.2, 0.25) is 5.91 Å². The highest BCUT2D eigenvalue weighted by Crippen LogP contribution is 2.22. The van der Waals surface area contributed by atoms with Crippen molar-refractivity contribution in [2.75, 3.05) is 18.0 Å². The van der Waals surface area contributed by atoms with E-state index in [0.717, 1.165) is 24.0 Å². The number of rotatable bonds is 6. The summed E-state index contributed by atoms with van der Waals surface area (Å²) in [6, 6.07) is 21.7. The molecule has 5 rings (SSSR count). The molecule has 0 spiro atoms. The summed E-state index contributed by atoms with van der Waals surface area (Å²) in [6.45, 7) is 4.12. The molecular formula is C28H29N5O2. The normalized spacial score (nSPS) is 15.8. The molecule has 1 saturated heterocycles. The summed E-state index contributed by atoms with van der Waals surface area (Å²) in [5.74, 6) is 0.211. The number of nitrogens with zero attached hydrogens (tertiary/aromatic N) is 4. The Hall–Kier alpha value is -4.00. The van der Waals surface area contributed by atoms with Gasteiger partial charge < -0.3 is 10.2 Å². The third-order valence-corrected chi connectivity index (χ3v) is 6.55. The summed E-state index contributed by atoms with van der Waals surface area (Å²) < 4.78 is 1.70. The van der Waals surface area contributed by atoms with Crippen molar-refractivity contribution >= 4 is 22.9 Å². The molecule has 0 saturated carbocycles. The van der Waals surface area contributed by atoms with Crippen LogP contribution in [0.5, 0.6) is 0 Å². The number of pyridine rings is 1. The zero-order valence-corrected chi connectivity index (χ0v) is 19.9. The highest BCUT2D eigenvalue weighted by Gasteiger charge is 2.28. The highest BCUT2D eigenvalue weighted by atomic mass is 16.2. The molecule has 178 valence electrons. The van der Waals surface area contributed by atoms with Gasteiger partial charge in [0.05, 0.1) is 12.5 Å². The van der Waals surface area contributed by atoms with Crippen LogP contribution in [0.25, 0.3) is 11.2 Å². The van der Waals surface area contributed by atoms with E-state index < -0.39 is 0 Å². The summed E-state index contributed by atoms with van der Waals surface area (Å²) in [5, 5.41) is 3.05. The topological polar surface area (TPSA) is 80.1 Å². The summed E-state index contributed by atoms with van der Waals surface area (Å²) in [4.78, 5) is 37.7. The molecule has 1 aliphatic heterocycles. The lowest BCUT2D eigenvalue weighted by molar-refractivity contribution is -0.125. The predicted octanol–water partition coefficient (Wildman–Crippen LogP) is 3.68. The molecular weight excluding hydrogens is 438 g/mol. The molecule has 1 amide bonds. The maximum absolute atomic E-state index is 13.7. The highest BCUT2D eigenvalue weighted by molar-refractivity contribution is 5.79. The van der Waals surface area contributed by atoms with Crippen molar-refractivity contribution in [3.8, 4) is 0 Å². The molecule has 2 aromatic heterocycles. The predicted molar refractivity (Wildman–Crippen MR) is 137 cm³/mol. The van der Waals surface area contributed by atoms with Crippen LogP contribution in [0.1, 0.15) is 29.5 Å². The lowest BCUT2D eigenvalue weighted by Gasteiger charge is -2.32. The fourth-order valence-electron chi connectivity index (χ4n) is 4.60. The molecule has 1 N–H and O–H groups in total. The number of nitrogens with one attached hydrogen (secondary N) is 1. The van der Waals surface area contributed by atoms with Crippen molar-refractivity contribution in [2.24, 2.45) is 5.92 Å². The van der Waals surface area contributed by atoms with Gasteiger partial charge >= 0.3 is 0 Å². The van der Waals surface area contributed by atoms with E-state index in [9.17, 15) is 9.59 Å². The maximum atomic E-state index is 13.7. The fourth-order valence-corrected chi connectivity index (χ4v) is 4.60. The van der Waals surface area contributed by atoms with Crippen LogP contribution >= 0.6 is 0 Å². The fraction of sp³-hybridized carbons (Fsp3) is 0.286. The van der Waals surface area contributed by atoms with Crippen LogP contribution in [-0.2, 0) is 17.9 Å². The number of amides is 1. The van der Waals surface area contributed by atoms with Gasteiger partial charge in [-0.1, -0.05) is 60.2 Å².